The van der Waals surface area contributed by atoms with Crippen molar-refractivity contribution in [3.8, 4) is 0 Å². The molecule has 0 heterocycles. The van der Waals surface area contributed by atoms with Crippen LogP contribution in [0.3, 0.4) is 0 Å². The fraction of sp³-hybridized carbons (Fsp3) is 0.143. The Morgan fingerprint density at radius 1 is 0.850 bits per heavy atom. The first-order valence-electron chi connectivity index (χ1n) is 5.84. The van der Waals surface area contributed by atoms with Crippen molar-refractivity contribution >= 4 is 9.63 Å². The van der Waals surface area contributed by atoms with Gasteiger partial charge in [0.15, 0.2) is 0 Å². The molecule has 108 valence electrons. The van der Waals surface area contributed by atoms with Gasteiger partial charge in [0, 0.05) is 0 Å². The maximum atomic E-state index is 13.0. The average Bonchev–Trinajstić information content (AvgIpc) is 2.25. The molecule has 0 aliphatic rings. The third-order valence-electron chi connectivity index (χ3n) is 2.69. The van der Waals surface area contributed by atoms with Gasteiger partial charge in [-0.05, 0) is 35.4 Å². The zero-order valence-corrected chi connectivity index (χ0v) is 11.3. The summed E-state index contributed by atoms with van der Waals surface area (Å²) in [6.45, 7) is 0. The first kappa shape index (κ1) is 14.8. The third-order valence-corrected chi connectivity index (χ3v) is 4.52. The molecule has 0 aliphatic heterocycles. The van der Waals surface area contributed by atoms with Gasteiger partial charge in [-0.2, -0.15) is 0 Å². The largest absolute Gasteiger partial charge is 0.307 e. The molecular formula is C14H14F2O3S. The van der Waals surface area contributed by atoms with E-state index in [1.165, 1.54) is 36.4 Å². The summed E-state index contributed by atoms with van der Waals surface area (Å²) in [7, 11) is -5.02. The van der Waals surface area contributed by atoms with Gasteiger partial charge in [-0.3, -0.25) is 0 Å². The van der Waals surface area contributed by atoms with E-state index < -0.39 is 32.8 Å². The van der Waals surface area contributed by atoms with Gasteiger partial charge >= 0.3 is 0 Å². The second-order valence-corrected chi connectivity index (χ2v) is 7.69. The van der Waals surface area contributed by atoms with Crippen molar-refractivity contribution in [1.29, 1.82) is 0 Å². The van der Waals surface area contributed by atoms with Crippen molar-refractivity contribution in [1.82, 2.24) is 0 Å². The van der Waals surface area contributed by atoms with E-state index in [1.807, 2.05) is 0 Å². The summed E-state index contributed by atoms with van der Waals surface area (Å²) < 4.78 is 58.2. The normalized spacial score (nSPS) is 13.7. The maximum Gasteiger partial charge on any atom is 0.123 e. The van der Waals surface area contributed by atoms with Gasteiger partial charge in [0.05, 0.1) is 21.1 Å². The van der Waals surface area contributed by atoms with Crippen LogP contribution in [-0.4, -0.2) is 13.3 Å². The Kier molecular flexibility index (Phi) is 3.73. The molecule has 0 radical (unpaired) electrons. The van der Waals surface area contributed by atoms with Crippen molar-refractivity contribution < 1.29 is 22.1 Å². The third kappa shape index (κ3) is 4.19. The van der Waals surface area contributed by atoms with E-state index in [4.69, 9.17) is 0 Å². The Morgan fingerprint density at radius 2 is 1.25 bits per heavy atom. The predicted octanol–water partition coefficient (Wildman–Crippen LogP) is 3.43. The van der Waals surface area contributed by atoms with Crippen LogP contribution in [-0.2, 0) is 21.1 Å². The smallest absolute Gasteiger partial charge is 0.123 e. The Bertz CT molecular complexity index is 641. The van der Waals surface area contributed by atoms with E-state index in [1.54, 1.807) is 0 Å². The van der Waals surface area contributed by atoms with Crippen molar-refractivity contribution in [2.45, 2.75) is 11.5 Å². The number of hydrogen-bond acceptors (Lipinski definition) is 1. The number of halogens is 2. The molecule has 0 bridgehead atoms. The fourth-order valence-electron chi connectivity index (χ4n) is 1.97. The molecular weight excluding hydrogens is 286 g/mol. The van der Waals surface area contributed by atoms with Crippen LogP contribution in [0.1, 0.15) is 11.1 Å². The van der Waals surface area contributed by atoms with Gasteiger partial charge in [-0.15, -0.1) is 0 Å². The van der Waals surface area contributed by atoms with E-state index in [-0.39, 0.29) is 11.1 Å². The van der Waals surface area contributed by atoms with Crippen LogP contribution in [0.15, 0.2) is 48.5 Å². The lowest BCUT2D eigenvalue weighted by Gasteiger charge is -2.30. The molecule has 20 heavy (non-hydrogen) atoms. The lowest BCUT2D eigenvalue weighted by atomic mass is 10.2. The van der Waals surface area contributed by atoms with Crippen LogP contribution in [0.5, 0.6) is 0 Å². The molecule has 6 heteroatoms. The van der Waals surface area contributed by atoms with Gasteiger partial charge in [0.1, 0.15) is 11.6 Å². The summed E-state index contributed by atoms with van der Waals surface area (Å²) in [4.78, 5) is 0. The van der Waals surface area contributed by atoms with Crippen LogP contribution in [0.2, 0.25) is 0 Å². The maximum absolute atomic E-state index is 13.0. The van der Waals surface area contributed by atoms with Crippen molar-refractivity contribution in [3.05, 3.63) is 71.3 Å². The van der Waals surface area contributed by atoms with Crippen LogP contribution in [0.4, 0.5) is 8.78 Å². The molecule has 2 aromatic rings. The molecule has 0 amide bonds. The minimum absolute atomic E-state index is 0.198. The highest BCUT2D eigenvalue weighted by Crippen LogP contribution is 2.28. The van der Waals surface area contributed by atoms with Crippen LogP contribution < -0.4 is 0 Å². The zero-order valence-electron chi connectivity index (χ0n) is 10.5. The van der Waals surface area contributed by atoms with Gasteiger partial charge in [0.2, 0.25) is 0 Å². The first-order chi connectivity index (χ1) is 9.21. The van der Waals surface area contributed by atoms with Crippen LogP contribution in [0, 0.1) is 11.6 Å². The lowest BCUT2D eigenvalue weighted by Crippen LogP contribution is -2.35. The second kappa shape index (κ2) is 5.05. The summed E-state index contributed by atoms with van der Waals surface area (Å²) in [6.07, 6.45) is 0. The molecule has 0 saturated heterocycles. The fourth-order valence-corrected chi connectivity index (χ4v) is 3.78. The van der Waals surface area contributed by atoms with E-state index in [0.29, 0.717) is 0 Å². The van der Waals surface area contributed by atoms with E-state index >= 15 is 0 Å². The molecule has 0 aliphatic carbocycles. The topological polar surface area (TPSA) is 57.5 Å². The summed E-state index contributed by atoms with van der Waals surface area (Å²) in [5.74, 6) is -2.33. The predicted molar refractivity (Wildman–Crippen MR) is 73.6 cm³/mol. The molecule has 0 saturated carbocycles. The highest BCUT2D eigenvalue weighted by Gasteiger charge is 2.31. The minimum atomic E-state index is -5.02. The molecule has 0 spiro atoms. The molecule has 0 aromatic heterocycles. The summed E-state index contributed by atoms with van der Waals surface area (Å²) in [5.41, 5.74) is 0.395. The van der Waals surface area contributed by atoms with Crippen LogP contribution in [0.25, 0.3) is 0 Å². The molecule has 2 aromatic carbocycles. The highest BCUT2D eigenvalue weighted by atomic mass is 32.3. The molecule has 2 N–H and O–H groups in total. The summed E-state index contributed by atoms with van der Waals surface area (Å²) in [6, 6.07) is 10.2. The van der Waals surface area contributed by atoms with E-state index in [0.717, 1.165) is 12.1 Å². The molecule has 0 fully saturated rings. The van der Waals surface area contributed by atoms with Crippen molar-refractivity contribution in [2.24, 2.45) is 0 Å². The summed E-state index contributed by atoms with van der Waals surface area (Å²) in [5, 5.41) is 0. The SMILES string of the molecule is O=S(O)(O)(Cc1cccc(F)c1)Cc1cccc(F)c1. The van der Waals surface area contributed by atoms with Crippen molar-refractivity contribution in [3.63, 3.8) is 0 Å². The Morgan fingerprint density at radius 3 is 1.60 bits per heavy atom. The quantitative estimate of drug-likeness (QED) is 0.909. The second-order valence-electron chi connectivity index (χ2n) is 4.74. The Balaban J connectivity index is 2.25. The van der Waals surface area contributed by atoms with Gasteiger partial charge < -0.3 is 9.11 Å². The van der Waals surface area contributed by atoms with Crippen LogP contribution >= 0.6 is 0 Å². The minimum Gasteiger partial charge on any atom is -0.307 e. The summed E-state index contributed by atoms with van der Waals surface area (Å²) >= 11 is 0. The molecule has 0 atom stereocenters. The molecule has 0 unspecified atom stereocenters. The number of benzene rings is 2. The van der Waals surface area contributed by atoms with E-state index in [9.17, 15) is 22.1 Å². The first-order valence-corrected chi connectivity index (χ1v) is 8.06. The monoisotopic (exact) mass is 300 g/mol. The molecule has 2 rings (SSSR count). The average molecular weight is 300 g/mol. The van der Waals surface area contributed by atoms with Gasteiger partial charge in [-0.25, -0.2) is 13.0 Å². The Labute approximate surface area is 115 Å². The number of hydrogen-bond donors (Lipinski definition) is 2. The standard InChI is InChI=1S/C14H14F2O3S/c15-13-5-1-3-11(7-13)9-20(17,18,19)10-12-4-2-6-14(16)8-12/h1-8H,9-10H2,(H2,17,18,19). The van der Waals surface area contributed by atoms with E-state index in [2.05, 4.69) is 0 Å². The highest BCUT2D eigenvalue weighted by molar-refractivity contribution is 8.08. The number of rotatable bonds is 4. The molecule has 3 nitrogen and oxygen atoms in total. The van der Waals surface area contributed by atoms with Gasteiger partial charge in [0.25, 0.3) is 0 Å². The Hall–Kier alpha value is -1.63. The lowest BCUT2D eigenvalue weighted by molar-refractivity contribution is 0.387. The van der Waals surface area contributed by atoms with Crippen molar-refractivity contribution in [2.75, 3.05) is 0 Å². The van der Waals surface area contributed by atoms with Gasteiger partial charge in [-0.1, -0.05) is 24.3 Å². The zero-order chi connectivity index (χ0) is 14.8.